The summed E-state index contributed by atoms with van der Waals surface area (Å²) in [6.07, 6.45) is 7.44. The lowest BCUT2D eigenvalue weighted by Crippen LogP contribution is -2.25. The molecule has 1 amide bonds. The van der Waals surface area contributed by atoms with Crippen molar-refractivity contribution in [2.75, 3.05) is 11.9 Å². The van der Waals surface area contributed by atoms with Crippen LogP contribution in [0.3, 0.4) is 0 Å². The predicted octanol–water partition coefficient (Wildman–Crippen LogP) is 5.03. The van der Waals surface area contributed by atoms with Gasteiger partial charge >= 0.3 is 0 Å². The molecular weight excluding hydrogens is 381 g/mol. The number of imidazole rings is 1. The number of hydrogen-bond acceptors (Lipinski definition) is 3. The molecule has 1 fully saturated rings. The molecule has 156 valence electrons. The molecule has 0 atom stereocenters. The van der Waals surface area contributed by atoms with E-state index in [1.165, 1.54) is 18.6 Å². The highest BCUT2D eigenvalue weighted by molar-refractivity contribution is 5.94. The first-order valence-electron chi connectivity index (χ1n) is 10.5. The number of aromatic nitrogens is 2. The maximum absolute atomic E-state index is 13.4. The van der Waals surface area contributed by atoms with Crippen LogP contribution in [0.25, 0.3) is 11.3 Å². The van der Waals surface area contributed by atoms with Crippen molar-refractivity contribution in [3.05, 3.63) is 72.3 Å². The highest BCUT2D eigenvalue weighted by atomic mass is 19.1. The minimum Gasteiger partial charge on any atom is -0.368 e. The molecule has 0 aliphatic heterocycles. The summed E-state index contributed by atoms with van der Waals surface area (Å²) in [5.41, 5.74) is 2.44. The van der Waals surface area contributed by atoms with Gasteiger partial charge in [-0.25, -0.2) is 9.37 Å². The van der Waals surface area contributed by atoms with Gasteiger partial charge in [-0.1, -0.05) is 49.6 Å². The predicted molar refractivity (Wildman–Crippen MR) is 115 cm³/mol. The van der Waals surface area contributed by atoms with Gasteiger partial charge in [0, 0.05) is 5.56 Å². The molecule has 2 aromatic carbocycles. The van der Waals surface area contributed by atoms with Crippen LogP contribution in [-0.2, 0) is 16.1 Å². The van der Waals surface area contributed by atoms with Crippen LogP contribution >= 0.6 is 0 Å². The van der Waals surface area contributed by atoms with Gasteiger partial charge in [0.15, 0.2) is 0 Å². The summed E-state index contributed by atoms with van der Waals surface area (Å²) in [6.45, 7) is 0.582. The third-order valence-corrected chi connectivity index (χ3v) is 5.41. The van der Waals surface area contributed by atoms with E-state index >= 15 is 0 Å². The largest absolute Gasteiger partial charge is 0.368 e. The first-order valence-corrected chi connectivity index (χ1v) is 10.5. The average molecular weight is 407 g/mol. The Labute approximate surface area is 175 Å². The van der Waals surface area contributed by atoms with Gasteiger partial charge in [-0.2, -0.15) is 0 Å². The lowest BCUT2D eigenvalue weighted by atomic mass is 9.98. The van der Waals surface area contributed by atoms with Crippen LogP contribution in [0.4, 0.5) is 10.2 Å². The third-order valence-electron chi connectivity index (χ3n) is 5.41. The molecule has 0 unspecified atom stereocenters. The van der Waals surface area contributed by atoms with Crippen molar-refractivity contribution in [2.45, 2.75) is 44.8 Å². The summed E-state index contributed by atoms with van der Waals surface area (Å²) in [5.74, 6) is 0.0652. The van der Waals surface area contributed by atoms with Gasteiger partial charge in [-0.3, -0.25) is 4.79 Å². The Morgan fingerprint density at radius 3 is 2.53 bits per heavy atom. The number of amides is 1. The van der Waals surface area contributed by atoms with Gasteiger partial charge in [-0.05, 0) is 42.7 Å². The van der Waals surface area contributed by atoms with Crippen molar-refractivity contribution in [1.29, 1.82) is 0 Å². The van der Waals surface area contributed by atoms with Gasteiger partial charge in [0.05, 0.1) is 19.0 Å². The van der Waals surface area contributed by atoms with Crippen LogP contribution in [-0.4, -0.2) is 28.2 Å². The topological polar surface area (TPSA) is 56.1 Å². The van der Waals surface area contributed by atoms with E-state index in [2.05, 4.69) is 10.3 Å². The summed E-state index contributed by atoms with van der Waals surface area (Å²) in [5, 5.41) is 2.97. The second kappa shape index (κ2) is 9.67. The molecule has 0 radical (unpaired) electrons. The van der Waals surface area contributed by atoms with Crippen LogP contribution in [0.5, 0.6) is 0 Å². The Balaban J connectivity index is 1.53. The van der Waals surface area contributed by atoms with Crippen molar-refractivity contribution < 1.29 is 13.9 Å². The number of hydrogen-bond donors (Lipinski definition) is 1. The highest BCUT2D eigenvalue weighted by Crippen LogP contribution is 2.28. The van der Waals surface area contributed by atoms with Gasteiger partial charge < -0.3 is 14.6 Å². The summed E-state index contributed by atoms with van der Waals surface area (Å²) in [7, 11) is 0. The molecule has 1 aliphatic carbocycles. The number of rotatable bonds is 7. The molecule has 6 heteroatoms. The minimum atomic E-state index is -0.311. The quantitative estimate of drug-likeness (QED) is 0.598. The minimum absolute atomic E-state index is 0.0179. The van der Waals surface area contributed by atoms with E-state index < -0.39 is 0 Å². The van der Waals surface area contributed by atoms with E-state index in [-0.39, 0.29) is 24.4 Å². The highest BCUT2D eigenvalue weighted by Gasteiger charge is 2.19. The van der Waals surface area contributed by atoms with E-state index in [0.29, 0.717) is 18.1 Å². The van der Waals surface area contributed by atoms with Crippen LogP contribution in [0, 0.1) is 5.82 Å². The monoisotopic (exact) mass is 407 g/mol. The van der Waals surface area contributed by atoms with E-state index in [0.717, 1.165) is 36.8 Å². The number of nitrogens with one attached hydrogen (secondary N) is 1. The van der Waals surface area contributed by atoms with Gasteiger partial charge in [0.2, 0.25) is 0 Å². The standard InChI is InChI=1S/C24H26FN3O2/c25-20-13-11-19(12-14-20)23-24(27-22(29)16-30-21-9-5-2-6-10-21)28(17-26-23)15-18-7-3-1-4-8-18/h1,3-4,7-8,11-14,17,21H,2,5-6,9-10,15-16H2,(H,27,29). The SMILES string of the molecule is O=C(COC1CCCCC1)Nc1c(-c2ccc(F)cc2)ncn1Cc1ccccc1. The van der Waals surface area contributed by atoms with Crippen LogP contribution < -0.4 is 5.32 Å². The number of benzene rings is 2. The van der Waals surface area contributed by atoms with Gasteiger partial charge in [0.25, 0.3) is 5.91 Å². The molecule has 0 spiro atoms. The molecule has 0 saturated heterocycles. The fourth-order valence-electron chi connectivity index (χ4n) is 3.83. The average Bonchev–Trinajstić information content (AvgIpc) is 3.16. The summed E-state index contributed by atoms with van der Waals surface area (Å²) < 4.78 is 21.1. The fourth-order valence-corrected chi connectivity index (χ4v) is 3.83. The maximum atomic E-state index is 13.4. The second-order valence-electron chi connectivity index (χ2n) is 7.68. The van der Waals surface area contributed by atoms with Crippen molar-refractivity contribution >= 4 is 11.7 Å². The Hall–Kier alpha value is -2.99. The normalized spacial score (nSPS) is 14.6. The van der Waals surface area contributed by atoms with E-state index in [1.54, 1.807) is 18.5 Å². The number of anilines is 1. The van der Waals surface area contributed by atoms with Crippen molar-refractivity contribution in [3.63, 3.8) is 0 Å². The maximum Gasteiger partial charge on any atom is 0.251 e. The van der Waals surface area contributed by atoms with Crippen LogP contribution in [0.15, 0.2) is 60.9 Å². The Morgan fingerprint density at radius 2 is 1.80 bits per heavy atom. The molecule has 0 bridgehead atoms. The third kappa shape index (κ3) is 5.13. The molecule has 30 heavy (non-hydrogen) atoms. The Morgan fingerprint density at radius 1 is 1.07 bits per heavy atom. The number of nitrogens with zero attached hydrogens (tertiary/aromatic N) is 2. The first-order chi connectivity index (χ1) is 14.7. The lowest BCUT2D eigenvalue weighted by Gasteiger charge is -2.21. The van der Waals surface area contributed by atoms with Crippen molar-refractivity contribution in [3.8, 4) is 11.3 Å². The number of ether oxygens (including phenoxy) is 1. The molecule has 1 aliphatic rings. The number of carbonyl (C=O) groups excluding carboxylic acids is 1. The number of halogens is 1. The lowest BCUT2D eigenvalue weighted by molar-refractivity contribution is -0.123. The second-order valence-corrected chi connectivity index (χ2v) is 7.68. The van der Waals surface area contributed by atoms with Crippen LogP contribution in [0.2, 0.25) is 0 Å². The zero-order valence-corrected chi connectivity index (χ0v) is 16.9. The molecule has 1 saturated carbocycles. The Bertz CT molecular complexity index is 964. The fraction of sp³-hybridized carbons (Fsp3) is 0.333. The summed E-state index contributed by atoms with van der Waals surface area (Å²) >= 11 is 0. The van der Waals surface area contributed by atoms with Crippen molar-refractivity contribution in [1.82, 2.24) is 9.55 Å². The zero-order chi connectivity index (χ0) is 20.8. The molecule has 1 N–H and O–H groups in total. The van der Waals surface area contributed by atoms with E-state index in [1.807, 2.05) is 34.9 Å². The molecule has 1 heterocycles. The van der Waals surface area contributed by atoms with E-state index in [4.69, 9.17) is 4.74 Å². The summed E-state index contributed by atoms with van der Waals surface area (Å²) in [4.78, 5) is 17.2. The van der Waals surface area contributed by atoms with Gasteiger partial charge in [0.1, 0.15) is 23.9 Å². The smallest absolute Gasteiger partial charge is 0.251 e. The molecule has 1 aromatic heterocycles. The van der Waals surface area contributed by atoms with Gasteiger partial charge in [-0.15, -0.1) is 0 Å². The number of carbonyl (C=O) groups is 1. The summed E-state index contributed by atoms with van der Waals surface area (Å²) in [6, 6.07) is 16.1. The molecule has 3 aromatic rings. The zero-order valence-electron chi connectivity index (χ0n) is 16.9. The molecule has 4 rings (SSSR count). The molecular formula is C24H26FN3O2. The Kier molecular flexibility index (Phi) is 6.54. The van der Waals surface area contributed by atoms with Crippen molar-refractivity contribution in [2.24, 2.45) is 0 Å². The van der Waals surface area contributed by atoms with E-state index in [9.17, 15) is 9.18 Å². The molecule has 5 nitrogen and oxygen atoms in total. The first kappa shape index (κ1) is 20.3. The van der Waals surface area contributed by atoms with Crippen LogP contribution in [0.1, 0.15) is 37.7 Å².